The summed E-state index contributed by atoms with van der Waals surface area (Å²) >= 11 is 3.78. The topological polar surface area (TPSA) is 170 Å². The van der Waals surface area contributed by atoms with Crippen LogP contribution in [0.3, 0.4) is 0 Å². The largest absolute Gasteiger partial charge is 0.507 e. The molecule has 210 valence electrons. The number of benzene rings is 4. The Bertz CT molecular complexity index is 2140. The molecule has 0 saturated heterocycles. The zero-order valence-corrected chi connectivity index (χ0v) is 25.5. The lowest BCUT2D eigenvalue weighted by atomic mass is 10.1. The quantitative estimate of drug-likeness (QED) is 0.0560. The highest BCUT2D eigenvalue weighted by Gasteiger charge is 2.21. The molecule has 2 heterocycles. The van der Waals surface area contributed by atoms with E-state index in [1.54, 1.807) is 77.2 Å². The van der Waals surface area contributed by atoms with Gasteiger partial charge in [-0.2, -0.15) is 0 Å². The number of nitro groups is 1. The fraction of sp³-hybridized carbons (Fsp3) is 0. The first kappa shape index (κ1) is 29.1. The summed E-state index contributed by atoms with van der Waals surface area (Å²) in [4.78, 5) is 34.8. The molecule has 0 aliphatic carbocycles. The van der Waals surface area contributed by atoms with Crippen LogP contribution in [-0.4, -0.2) is 15.1 Å². The summed E-state index contributed by atoms with van der Waals surface area (Å²) in [6.07, 6.45) is 0. The summed E-state index contributed by atoms with van der Waals surface area (Å²) in [5.74, 6) is 0.377. The number of phenols is 2. The summed E-state index contributed by atoms with van der Waals surface area (Å²) in [7, 11) is 0. The molecule has 42 heavy (non-hydrogen) atoms. The van der Waals surface area contributed by atoms with Gasteiger partial charge in [-0.15, -0.1) is 0 Å². The summed E-state index contributed by atoms with van der Waals surface area (Å²) in [6, 6.07) is 21.8. The molecule has 2 aromatic heterocycles. The van der Waals surface area contributed by atoms with E-state index in [-0.39, 0.29) is 39.4 Å². The summed E-state index contributed by atoms with van der Waals surface area (Å²) in [6.45, 7) is 0. The Balaban J connectivity index is 0.000000169. The molecular formula is C30H18I2N2O8. The predicted octanol–water partition coefficient (Wildman–Crippen LogP) is 7.03. The first-order chi connectivity index (χ1) is 20.0. The molecule has 10 nitrogen and oxygen atoms in total. The van der Waals surface area contributed by atoms with Crippen LogP contribution in [0.4, 0.5) is 11.4 Å². The number of nitrogens with zero attached hydrogens (tertiary/aromatic N) is 1. The van der Waals surface area contributed by atoms with Crippen LogP contribution < -0.4 is 16.6 Å². The molecule has 6 rings (SSSR count). The van der Waals surface area contributed by atoms with Crippen molar-refractivity contribution in [2.45, 2.75) is 0 Å². The van der Waals surface area contributed by atoms with Gasteiger partial charge < -0.3 is 24.8 Å². The van der Waals surface area contributed by atoms with Gasteiger partial charge in [0.15, 0.2) is 10.9 Å². The fourth-order valence-electron chi connectivity index (χ4n) is 4.16. The SMILES string of the molecule is Nc1cc(I)c(O)cc1-c1cc(=O)c2ccccc2o1.O=c1cc(-c2cc(O)c(I)cc2[N+](=O)[O-])oc2ccccc12. The van der Waals surface area contributed by atoms with Gasteiger partial charge in [-0.3, -0.25) is 19.7 Å². The Hall–Kier alpha value is -4.44. The van der Waals surface area contributed by atoms with Crippen molar-refractivity contribution in [3.63, 3.8) is 0 Å². The number of nitrogen functional groups attached to an aromatic ring is 1. The molecule has 0 fully saturated rings. The molecule has 0 amide bonds. The predicted molar refractivity (Wildman–Crippen MR) is 176 cm³/mol. The monoisotopic (exact) mass is 788 g/mol. The summed E-state index contributed by atoms with van der Waals surface area (Å²) in [5.41, 5.74) is 7.10. The lowest BCUT2D eigenvalue weighted by Gasteiger charge is -2.08. The van der Waals surface area contributed by atoms with Crippen molar-refractivity contribution in [3.8, 4) is 34.1 Å². The third-order valence-electron chi connectivity index (χ3n) is 6.18. The smallest absolute Gasteiger partial charge is 0.281 e. The molecule has 6 aromatic rings. The Kier molecular flexibility index (Phi) is 8.17. The first-order valence-corrected chi connectivity index (χ1v) is 14.2. The van der Waals surface area contributed by atoms with Crippen LogP contribution in [0, 0.1) is 17.3 Å². The lowest BCUT2D eigenvalue weighted by molar-refractivity contribution is -0.384. The highest BCUT2D eigenvalue weighted by molar-refractivity contribution is 14.1. The van der Waals surface area contributed by atoms with Crippen LogP contribution in [0.5, 0.6) is 11.5 Å². The van der Waals surface area contributed by atoms with Crippen molar-refractivity contribution in [1.82, 2.24) is 0 Å². The summed E-state index contributed by atoms with van der Waals surface area (Å²) < 4.78 is 12.3. The standard InChI is InChI=1S/C15H8INO5.C15H10INO3/c16-10-6-11(17(20)21)9(5-13(10)19)15-7-12(18)8-3-1-2-4-14(8)22-15;16-10-6-11(17)9(5-13(10)19)15-7-12(18)8-3-1-2-4-14(8)20-15/h1-7,19H;1-7,19H,17H2. The molecule has 12 heteroatoms. The number of fused-ring (bicyclic) bond motifs is 2. The number of anilines is 1. The van der Waals surface area contributed by atoms with Crippen LogP contribution in [0.25, 0.3) is 44.6 Å². The second-order valence-corrected chi connectivity index (χ2v) is 11.2. The van der Waals surface area contributed by atoms with Gasteiger partial charge in [0, 0.05) is 29.4 Å². The third-order valence-corrected chi connectivity index (χ3v) is 7.91. The molecule has 0 spiro atoms. The maximum atomic E-state index is 12.1. The molecule has 0 atom stereocenters. The number of para-hydroxylation sites is 2. The molecule has 0 aliphatic heterocycles. The van der Waals surface area contributed by atoms with Gasteiger partial charge in [0.2, 0.25) is 0 Å². The third kappa shape index (κ3) is 5.80. The van der Waals surface area contributed by atoms with E-state index in [0.29, 0.717) is 46.1 Å². The molecule has 4 aromatic carbocycles. The fourth-order valence-corrected chi connectivity index (χ4v) is 5.11. The van der Waals surface area contributed by atoms with E-state index in [9.17, 15) is 29.9 Å². The highest BCUT2D eigenvalue weighted by Crippen LogP contribution is 2.37. The Morgan fingerprint density at radius 1 is 0.690 bits per heavy atom. The number of nitro benzene ring substituents is 1. The van der Waals surface area contributed by atoms with Crippen molar-refractivity contribution < 1.29 is 24.0 Å². The highest BCUT2D eigenvalue weighted by atomic mass is 127. The molecule has 0 unspecified atom stereocenters. The van der Waals surface area contributed by atoms with Gasteiger partial charge in [0.05, 0.1) is 28.4 Å². The number of halogens is 2. The van der Waals surface area contributed by atoms with Crippen molar-refractivity contribution in [2.24, 2.45) is 0 Å². The zero-order valence-electron chi connectivity index (χ0n) is 21.2. The molecular weight excluding hydrogens is 770 g/mol. The molecule has 0 aliphatic rings. The second kappa shape index (κ2) is 11.8. The van der Waals surface area contributed by atoms with E-state index >= 15 is 0 Å². The van der Waals surface area contributed by atoms with E-state index < -0.39 is 4.92 Å². The average molecular weight is 788 g/mol. The Morgan fingerprint density at radius 2 is 1.14 bits per heavy atom. The minimum atomic E-state index is -0.577. The van der Waals surface area contributed by atoms with Gasteiger partial charge in [-0.25, -0.2) is 0 Å². The Labute approximate surface area is 263 Å². The number of rotatable bonds is 3. The van der Waals surface area contributed by atoms with E-state index in [2.05, 4.69) is 0 Å². The van der Waals surface area contributed by atoms with E-state index in [0.717, 1.165) is 0 Å². The van der Waals surface area contributed by atoms with Crippen LogP contribution in [0.1, 0.15) is 0 Å². The number of phenolic OH excluding ortho intramolecular Hbond substituents is 2. The van der Waals surface area contributed by atoms with Gasteiger partial charge in [0.1, 0.15) is 34.2 Å². The Morgan fingerprint density at radius 3 is 1.67 bits per heavy atom. The van der Waals surface area contributed by atoms with Crippen molar-refractivity contribution in [1.29, 1.82) is 0 Å². The molecule has 4 N–H and O–H groups in total. The first-order valence-electron chi connectivity index (χ1n) is 12.0. The van der Waals surface area contributed by atoms with E-state index in [4.69, 9.17) is 14.6 Å². The lowest BCUT2D eigenvalue weighted by Crippen LogP contribution is -2.01. The van der Waals surface area contributed by atoms with Gasteiger partial charge in [0.25, 0.3) is 5.69 Å². The maximum Gasteiger partial charge on any atom is 0.281 e. The number of hydrogen-bond acceptors (Lipinski definition) is 9. The molecule has 0 radical (unpaired) electrons. The zero-order chi connectivity index (χ0) is 30.1. The van der Waals surface area contributed by atoms with Crippen molar-refractivity contribution in [3.05, 3.63) is 123 Å². The van der Waals surface area contributed by atoms with Gasteiger partial charge >= 0.3 is 0 Å². The van der Waals surface area contributed by atoms with Gasteiger partial charge in [-0.1, -0.05) is 24.3 Å². The van der Waals surface area contributed by atoms with Crippen LogP contribution >= 0.6 is 45.2 Å². The average Bonchev–Trinajstić information content (AvgIpc) is 2.96. The maximum absolute atomic E-state index is 12.1. The van der Waals surface area contributed by atoms with Crippen LogP contribution in [-0.2, 0) is 0 Å². The van der Waals surface area contributed by atoms with Crippen molar-refractivity contribution >= 4 is 78.5 Å². The van der Waals surface area contributed by atoms with Crippen LogP contribution in [0.15, 0.2) is 103 Å². The van der Waals surface area contributed by atoms with Crippen LogP contribution in [0.2, 0.25) is 0 Å². The van der Waals surface area contributed by atoms with E-state index in [1.807, 2.05) is 22.6 Å². The second-order valence-electron chi connectivity index (χ2n) is 8.91. The van der Waals surface area contributed by atoms with Gasteiger partial charge in [-0.05, 0) is 87.6 Å². The number of aromatic hydroxyl groups is 2. The minimum Gasteiger partial charge on any atom is -0.507 e. The number of hydrogen-bond donors (Lipinski definition) is 3. The normalized spacial score (nSPS) is 10.8. The number of nitrogens with two attached hydrogens (primary N) is 1. The minimum absolute atomic E-state index is 0.0436. The van der Waals surface area contributed by atoms with Crippen molar-refractivity contribution in [2.75, 3.05) is 5.73 Å². The molecule has 0 saturated carbocycles. The summed E-state index contributed by atoms with van der Waals surface area (Å²) in [5, 5.41) is 31.7. The van der Waals surface area contributed by atoms with E-state index in [1.165, 1.54) is 30.3 Å². The molecule has 0 bridgehead atoms.